The summed E-state index contributed by atoms with van der Waals surface area (Å²) in [5.41, 5.74) is 5.04. The minimum atomic E-state index is -0.774. The van der Waals surface area contributed by atoms with E-state index in [9.17, 15) is 14.7 Å². The Bertz CT molecular complexity index is 1460. The Morgan fingerprint density at radius 3 is 2.32 bits per heavy atom. The van der Waals surface area contributed by atoms with E-state index in [2.05, 4.69) is 10.4 Å². The molecule has 1 saturated carbocycles. The second-order valence-corrected chi connectivity index (χ2v) is 9.39. The molecule has 1 aliphatic carbocycles. The maximum absolute atomic E-state index is 12.8. The Morgan fingerprint density at radius 2 is 1.68 bits per heavy atom. The van der Waals surface area contributed by atoms with Crippen LogP contribution in [0.4, 0.5) is 10.5 Å². The number of amides is 1. The normalized spacial score (nSPS) is 14.6. The first kappa shape index (κ1) is 24.2. The molecule has 4 aromatic rings. The second-order valence-electron chi connectivity index (χ2n) is 9.39. The number of carbonyl (C=O) groups is 2. The average molecular weight is 497 g/mol. The molecule has 1 atom stereocenters. The van der Waals surface area contributed by atoms with E-state index in [1.54, 1.807) is 11.7 Å². The van der Waals surface area contributed by atoms with Gasteiger partial charge in [-0.2, -0.15) is 5.10 Å². The van der Waals surface area contributed by atoms with Crippen LogP contribution in [0.15, 0.2) is 72.8 Å². The molecule has 2 aromatic carbocycles. The van der Waals surface area contributed by atoms with Crippen LogP contribution in [-0.2, 0) is 22.0 Å². The monoisotopic (exact) mass is 496 g/mol. The lowest BCUT2D eigenvalue weighted by Crippen LogP contribution is -2.19. The minimum absolute atomic E-state index is 0.415. The summed E-state index contributed by atoms with van der Waals surface area (Å²) in [7, 11) is 1.80. The van der Waals surface area contributed by atoms with E-state index < -0.39 is 23.6 Å². The van der Waals surface area contributed by atoms with Gasteiger partial charge in [0, 0.05) is 12.6 Å². The van der Waals surface area contributed by atoms with Crippen molar-refractivity contribution in [3.63, 3.8) is 0 Å². The number of nitrogens with one attached hydrogen (secondary N) is 1. The van der Waals surface area contributed by atoms with E-state index in [1.807, 2.05) is 86.6 Å². The molecule has 1 amide bonds. The molecule has 1 fully saturated rings. The van der Waals surface area contributed by atoms with E-state index in [0.29, 0.717) is 35.6 Å². The number of carboxylic acid groups (broad SMARTS) is 1. The number of carbonyl (C=O) groups excluding carboxylic acids is 1. The number of ether oxygens (including phenoxy) is 1. The number of nitrogens with zero attached hydrogens (tertiary/aromatic N) is 3. The predicted molar refractivity (Wildman–Crippen MR) is 140 cm³/mol. The summed E-state index contributed by atoms with van der Waals surface area (Å²) in [6.45, 7) is 3.64. The zero-order valence-corrected chi connectivity index (χ0v) is 20.9. The molecule has 2 heterocycles. The largest absolute Gasteiger partial charge is 0.481 e. The Labute approximate surface area is 214 Å². The van der Waals surface area contributed by atoms with Crippen molar-refractivity contribution in [1.82, 2.24) is 14.8 Å². The van der Waals surface area contributed by atoms with Gasteiger partial charge in [0.15, 0.2) is 0 Å². The molecule has 8 nitrogen and oxygen atoms in total. The van der Waals surface area contributed by atoms with Gasteiger partial charge in [-0.3, -0.25) is 14.8 Å². The fourth-order valence-corrected chi connectivity index (χ4v) is 4.62. The second kappa shape index (κ2) is 9.54. The molecular formula is C29H28N4O4. The van der Waals surface area contributed by atoms with E-state index in [4.69, 9.17) is 9.72 Å². The number of hydrogen-bond donors (Lipinski definition) is 2. The molecule has 0 aliphatic heterocycles. The maximum atomic E-state index is 12.8. The van der Waals surface area contributed by atoms with E-state index in [0.717, 1.165) is 22.4 Å². The van der Waals surface area contributed by atoms with Gasteiger partial charge in [-0.25, -0.2) is 9.78 Å². The van der Waals surface area contributed by atoms with Gasteiger partial charge in [0.2, 0.25) is 0 Å². The van der Waals surface area contributed by atoms with E-state index >= 15 is 0 Å². The Kier molecular flexibility index (Phi) is 6.25. The van der Waals surface area contributed by atoms with Crippen molar-refractivity contribution in [3.8, 4) is 22.6 Å². The lowest BCUT2D eigenvalue weighted by molar-refractivity contribution is -0.140. The van der Waals surface area contributed by atoms with Gasteiger partial charge in [0.05, 0.1) is 28.2 Å². The lowest BCUT2D eigenvalue weighted by Gasteiger charge is -2.15. The Balaban J connectivity index is 1.39. The molecule has 188 valence electrons. The molecular weight excluding hydrogens is 468 g/mol. The van der Waals surface area contributed by atoms with Crippen molar-refractivity contribution in [2.75, 3.05) is 5.32 Å². The topological polar surface area (TPSA) is 106 Å². The fourth-order valence-electron chi connectivity index (χ4n) is 4.62. The zero-order valence-electron chi connectivity index (χ0n) is 20.9. The third kappa shape index (κ3) is 4.70. The highest BCUT2D eigenvalue weighted by molar-refractivity contribution is 5.91. The van der Waals surface area contributed by atoms with Crippen LogP contribution in [-0.4, -0.2) is 31.9 Å². The summed E-state index contributed by atoms with van der Waals surface area (Å²) in [6.07, 6.45) is 0.338. The van der Waals surface area contributed by atoms with Gasteiger partial charge < -0.3 is 9.84 Å². The standard InChI is InChI=1S/C29H28N4O4/c1-18-25(31-28(36)37-19(2)20-8-5-4-6-9-20)26(33(3)32-18)24-11-7-10-23(30-24)21-12-14-22(15-13-21)29(16-17-29)27(34)35/h4-15,19H,16-17H2,1-3H3,(H,31,36)(H,34,35). The van der Waals surface area contributed by atoms with Crippen LogP contribution in [0.2, 0.25) is 0 Å². The molecule has 0 radical (unpaired) electrons. The predicted octanol–water partition coefficient (Wildman–Crippen LogP) is 5.88. The molecule has 5 rings (SSSR count). The van der Waals surface area contributed by atoms with Crippen LogP contribution in [0.1, 0.15) is 42.7 Å². The number of anilines is 1. The Hall–Kier alpha value is -4.46. The molecule has 0 saturated heterocycles. The highest BCUT2D eigenvalue weighted by Gasteiger charge is 2.51. The molecule has 1 aliphatic rings. The Morgan fingerprint density at radius 1 is 1.00 bits per heavy atom. The van der Waals surface area contributed by atoms with Gasteiger partial charge in [-0.15, -0.1) is 0 Å². The third-order valence-corrected chi connectivity index (χ3v) is 6.89. The molecule has 1 unspecified atom stereocenters. The van der Waals surface area contributed by atoms with Gasteiger partial charge in [0.25, 0.3) is 0 Å². The molecule has 2 N–H and O–H groups in total. The molecule has 0 bridgehead atoms. The smallest absolute Gasteiger partial charge is 0.412 e. The molecule has 2 aromatic heterocycles. The van der Waals surface area contributed by atoms with Crippen molar-refractivity contribution in [2.45, 2.75) is 38.2 Å². The quantitative estimate of drug-likeness (QED) is 0.331. The number of hydrogen-bond acceptors (Lipinski definition) is 5. The number of benzene rings is 2. The number of rotatable bonds is 7. The molecule has 8 heteroatoms. The van der Waals surface area contributed by atoms with Gasteiger partial charge in [-0.1, -0.05) is 60.7 Å². The first-order chi connectivity index (χ1) is 17.8. The van der Waals surface area contributed by atoms with Crippen LogP contribution in [0.5, 0.6) is 0 Å². The number of aryl methyl sites for hydroxylation is 2. The van der Waals surface area contributed by atoms with Crippen LogP contribution >= 0.6 is 0 Å². The van der Waals surface area contributed by atoms with E-state index in [1.165, 1.54) is 0 Å². The number of carboxylic acids is 1. The third-order valence-electron chi connectivity index (χ3n) is 6.89. The summed E-state index contributed by atoms with van der Waals surface area (Å²) < 4.78 is 7.28. The summed E-state index contributed by atoms with van der Waals surface area (Å²) in [5.74, 6) is -0.774. The molecule has 37 heavy (non-hydrogen) atoms. The highest BCUT2D eigenvalue weighted by Crippen LogP contribution is 2.48. The summed E-state index contributed by atoms with van der Waals surface area (Å²) >= 11 is 0. The van der Waals surface area contributed by atoms with Crippen LogP contribution in [0, 0.1) is 6.92 Å². The fraction of sp³-hybridized carbons (Fsp3) is 0.241. The maximum Gasteiger partial charge on any atom is 0.412 e. The van der Waals surface area contributed by atoms with Crippen molar-refractivity contribution in [2.24, 2.45) is 7.05 Å². The van der Waals surface area contributed by atoms with Gasteiger partial charge in [-0.05, 0) is 49.9 Å². The highest BCUT2D eigenvalue weighted by atomic mass is 16.6. The van der Waals surface area contributed by atoms with Gasteiger partial charge >= 0.3 is 12.1 Å². The van der Waals surface area contributed by atoms with Crippen molar-refractivity contribution < 1.29 is 19.4 Å². The van der Waals surface area contributed by atoms with Crippen molar-refractivity contribution in [1.29, 1.82) is 0 Å². The van der Waals surface area contributed by atoms with Crippen molar-refractivity contribution >= 4 is 17.7 Å². The van der Waals surface area contributed by atoms with Crippen molar-refractivity contribution in [3.05, 3.63) is 89.6 Å². The number of aromatic nitrogens is 3. The summed E-state index contributed by atoms with van der Waals surface area (Å²) in [4.78, 5) is 29.3. The van der Waals surface area contributed by atoms with Crippen LogP contribution < -0.4 is 5.32 Å². The number of pyridine rings is 1. The molecule has 0 spiro atoms. The zero-order chi connectivity index (χ0) is 26.2. The van der Waals surface area contributed by atoms with E-state index in [-0.39, 0.29) is 0 Å². The average Bonchev–Trinajstić information content (AvgIpc) is 3.66. The summed E-state index contributed by atoms with van der Waals surface area (Å²) in [6, 6.07) is 22.7. The first-order valence-corrected chi connectivity index (χ1v) is 12.2. The lowest BCUT2D eigenvalue weighted by atomic mass is 9.94. The van der Waals surface area contributed by atoms with Crippen LogP contribution in [0.25, 0.3) is 22.6 Å². The van der Waals surface area contributed by atoms with Gasteiger partial charge in [0.1, 0.15) is 11.8 Å². The minimum Gasteiger partial charge on any atom is -0.481 e. The van der Waals surface area contributed by atoms with Crippen LogP contribution in [0.3, 0.4) is 0 Å². The first-order valence-electron chi connectivity index (χ1n) is 12.2. The summed E-state index contributed by atoms with van der Waals surface area (Å²) in [5, 5.41) is 16.9. The number of aliphatic carboxylic acids is 1. The SMILES string of the molecule is Cc1nn(C)c(-c2cccc(-c3ccc(C4(C(=O)O)CC4)cc3)n2)c1NC(=O)OC(C)c1ccccc1.